The van der Waals surface area contributed by atoms with Gasteiger partial charge in [-0.25, -0.2) is 0 Å². The van der Waals surface area contributed by atoms with Crippen LogP contribution >= 0.6 is 0 Å². The lowest BCUT2D eigenvalue weighted by Crippen LogP contribution is -2.29. The molecule has 0 unspecified atom stereocenters. The van der Waals surface area contributed by atoms with Crippen LogP contribution < -0.4 is 5.32 Å². The van der Waals surface area contributed by atoms with Crippen molar-refractivity contribution < 1.29 is 9.53 Å². The number of hydrogen-bond donors (Lipinski definition) is 1. The van der Waals surface area contributed by atoms with Gasteiger partial charge in [-0.05, 0) is 32.9 Å². The van der Waals surface area contributed by atoms with Gasteiger partial charge in [-0.15, -0.1) is 0 Å². The number of rotatable bonds is 5. The average molecular weight is 222 g/mol. The second-order valence-corrected chi connectivity index (χ2v) is 3.90. The number of carbonyl (C=O) groups excluding carboxylic acids is 1. The molecule has 16 heavy (non-hydrogen) atoms. The molecule has 0 aliphatic carbocycles. The van der Waals surface area contributed by atoms with Crippen LogP contribution in [-0.4, -0.2) is 23.6 Å². The summed E-state index contributed by atoms with van der Waals surface area (Å²) >= 11 is 0. The fourth-order valence-electron chi connectivity index (χ4n) is 1.28. The molecule has 0 fully saturated rings. The summed E-state index contributed by atoms with van der Waals surface area (Å²) in [4.78, 5) is 15.5. The fraction of sp³-hybridized carbons (Fsp3) is 0.500. The highest BCUT2D eigenvalue weighted by Gasteiger charge is 2.09. The highest BCUT2D eigenvalue weighted by atomic mass is 16.5. The second kappa shape index (κ2) is 6.23. The molecule has 1 aromatic rings. The van der Waals surface area contributed by atoms with E-state index in [1.807, 2.05) is 39.0 Å². The van der Waals surface area contributed by atoms with Gasteiger partial charge in [0.25, 0.3) is 0 Å². The van der Waals surface area contributed by atoms with Crippen molar-refractivity contribution in [1.29, 1.82) is 0 Å². The lowest BCUT2D eigenvalue weighted by atomic mass is 10.2. The minimum atomic E-state index is -0.238. The predicted molar refractivity (Wildman–Crippen MR) is 61.9 cm³/mol. The summed E-state index contributed by atoms with van der Waals surface area (Å²) in [6.07, 6.45) is 1.67. The van der Waals surface area contributed by atoms with E-state index < -0.39 is 0 Å². The quantitative estimate of drug-likeness (QED) is 0.770. The topological polar surface area (TPSA) is 51.2 Å². The minimum Gasteiger partial charge on any atom is -0.462 e. The van der Waals surface area contributed by atoms with Crippen LogP contribution in [0.25, 0.3) is 0 Å². The van der Waals surface area contributed by atoms with Gasteiger partial charge in [0.2, 0.25) is 0 Å². The molecule has 0 radical (unpaired) electrons. The lowest BCUT2D eigenvalue weighted by molar-refractivity contribution is -0.146. The highest BCUT2D eigenvalue weighted by molar-refractivity contribution is 5.71. The molecule has 1 heterocycles. The van der Waals surface area contributed by atoms with E-state index in [2.05, 4.69) is 10.3 Å². The molecule has 1 rings (SSSR count). The Morgan fingerprint density at radius 2 is 2.19 bits per heavy atom. The van der Waals surface area contributed by atoms with Gasteiger partial charge < -0.3 is 4.74 Å². The first-order valence-corrected chi connectivity index (χ1v) is 5.43. The fourth-order valence-corrected chi connectivity index (χ4v) is 1.28. The van der Waals surface area contributed by atoms with Crippen molar-refractivity contribution in [2.45, 2.75) is 32.9 Å². The number of hydrogen-bond acceptors (Lipinski definition) is 4. The number of nitrogens with one attached hydrogen (secondary N) is 1. The molecule has 1 N–H and O–H groups in total. The molecule has 88 valence electrons. The van der Waals surface area contributed by atoms with Gasteiger partial charge in [0, 0.05) is 12.2 Å². The maximum absolute atomic E-state index is 11.3. The monoisotopic (exact) mass is 222 g/mol. The second-order valence-electron chi connectivity index (χ2n) is 3.90. The summed E-state index contributed by atoms with van der Waals surface area (Å²) < 4.78 is 5.01. The maximum atomic E-state index is 11.3. The summed E-state index contributed by atoms with van der Waals surface area (Å²) in [7, 11) is 0. The SMILES string of the molecule is CC(C)OC(=O)CN[C@H](C)c1ccccn1. The third kappa shape index (κ3) is 4.40. The first kappa shape index (κ1) is 12.6. The molecule has 1 atom stereocenters. The number of carbonyl (C=O) groups is 1. The largest absolute Gasteiger partial charge is 0.462 e. The van der Waals surface area contributed by atoms with E-state index in [-0.39, 0.29) is 24.7 Å². The Labute approximate surface area is 96.0 Å². The Balaban J connectivity index is 2.36. The van der Waals surface area contributed by atoms with E-state index in [1.165, 1.54) is 0 Å². The summed E-state index contributed by atoms with van der Waals surface area (Å²) in [5.74, 6) is -0.238. The first-order chi connectivity index (χ1) is 7.59. The first-order valence-electron chi connectivity index (χ1n) is 5.43. The molecule has 0 spiro atoms. The Bertz CT molecular complexity index is 325. The number of ether oxygens (including phenoxy) is 1. The van der Waals surface area contributed by atoms with Gasteiger partial charge >= 0.3 is 5.97 Å². The summed E-state index contributed by atoms with van der Waals surface area (Å²) in [6, 6.07) is 5.75. The Morgan fingerprint density at radius 1 is 1.44 bits per heavy atom. The van der Waals surface area contributed by atoms with Crippen LogP contribution in [0.15, 0.2) is 24.4 Å². The molecule has 0 bridgehead atoms. The van der Waals surface area contributed by atoms with E-state index in [0.717, 1.165) is 5.69 Å². The zero-order chi connectivity index (χ0) is 12.0. The van der Waals surface area contributed by atoms with Crippen LogP contribution in [0, 0.1) is 0 Å². The lowest BCUT2D eigenvalue weighted by Gasteiger charge is -2.13. The minimum absolute atomic E-state index is 0.0425. The van der Waals surface area contributed by atoms with Gasteiger partial charge in [0.15, 0.2) is 0 Å². The van der Waals surface area contributed by atoms with E-state index in [1.54, 1.807) is 6.20 Å². The van der Waals surface area contributed by atoms with Crippen LogP contribution in [0.5, 0.6) is 0 Å². The highest BCUT2D eigenvalue weighted by Crippen LogP contribution is 2.07. The van der Waals surface area contributed by atoms with Crippen molar-refractivity contribution in [1.82, 2.24) is 10.3 Å². The van der Waals surface area contributed by atoms with Crippen LogP contribution in [-0.2, 0) is 9.53 Å². The molecule has 4 nitrogen and oxygen atoms in total. The van der Waals surface area contributed by atoms with E-state index in [9.17, 15) is 4.79 Å². The molecule has 0 aliphatic heterocycles. The van der Waals surface area contributed by atoms with Gasteiger partial charge in [0.1, 0.15) is 0 Å². The molecule has 0 amide bonds. The van der Waals surface area contributed by atoms with Gasteiger partial charge in [-0.3, -0.25) is 15.1 Å². The van der Waals surface area contributed by atoms with Crippen LogP contribution in [0.1, 0.15) is 32.5 Å². The summed E-state index contributed by atoms with van der Waals surface area (Å²) in [5.41, 5.74) is 0.917. The van der Waals surface area contributed by atoms with Crippen molar-refractivity contribution in [2.24, 2.45) is 0 Å². The van der Waals surface area contributed by atoms with Crippen LogP contribution in [0.4, 0.5) is 0 Å². The summed E-state index contributed by atoms with van der Waals surface area (Å²) in [5, 5.41) is 3.07. The molecule has 4 heteroatoms. The number of pyridine rings is 1. The number of nitrogens with zero attached hydrogens (tertiary/aromatic N) is 1. The Hall–Kier alpha value is -1.42. The number of esters is 1. The van der Waals surface area contributed by atoms with Crippen molar-refractivity contribution >= 4 is 5.97 Å². The molecule has 1 aromatic heterocycles. The molecular formula is C12H18N2O2. The van der Waals surface area contributed by atoms with Gasteiger partial charge in [0.05, 0.1) is 18.3 Å². The maximum Gasteiger partial charge on any atom is 0.320 e. The van der Waals surface area contributed by atoms with Gasteiger partial charge in [-0.2, -0.15) is 0 Å². The zero-order valence-electron chi connectivity index (χ0n) is 9.93. The number of aromatic nitrogens is 1. The van der Waals surface area contributed by atoms with E-state index in [0.29, 0.717) is 0 Å². The third-order valence-electron chi connectivity index (χ3n) is 2.05. The molecular weight excluding hydrogens is 204 g/mol. The smallest absolute Gasteiger partial charge is 0.320 e. The van der Waals surface area contributed by atoms with Gasteiger partial charge in [-0.1, -0.05) is 6.07 Å². The van der Waals surface area contributed by atoms with Crippen molar-refractivity contribution in [2.75, 3.05) is 6.54 Å². The Kier molecular flexibility index (Phi) is 4.92. The molecule has 0 aliphatic rings. The van der Waals surface area contributed by atoms with Crippen LogP contribution in [0.2, 0.25) is 0 Å². The Morgan fingerprint density at radius 3 is 2.75 bits per heavy atom. The average Bonchev–Trinajstić information content (AvgIpc) is 2.26. The molecule has 0 aromatic carbocycles. The van der Waals surface area contributed by atoms with Crippen molar-refractivity contribution in [3.05, 3.63) is 30.1 Å². The van der Waals surface area contributed by atoms with Crippen molar-refractivity contribution in [3.8, 4) is 0 Å². The summed E-state index contributed by atoms with van der Waals surface area (Å²) in [6.45, 7) is 5.83. The molecule has 0 saturated carbocycles. The molecule has 0 saturated heterocycles. The standard InChI is InChI=1S/C12H18N2O2/c1-9(2)16-12(15)8-14-10(3)11-6-4-5-7-13-11/h4-7,9-10,14H,8H2,1-3H3/t10-/m1/s1. The van der Waals surface area contributed by atoms with Crippen LogP contribution in [0.3, 0.4) is 0 Å². The predicted octanol–water partition coefficient (Wildman–Crippen LogP) is 1.68. The van der Waals surface area contributed by atoms with E-state index in [4.69, 9.17) is 4.74 Å². The zero-order valence-corrected chi connectivity index (χ0v) is 9.93. The third-order valence-corrected chi connectivity index (χ3v) is 2.05. The van der Waals surface area contributed by atoms with Crippen molar-refractivity contribution in [3.63, 3.8) is 0 Å². The van der Waals surface area contributed by atoms with E-state index >= 15 is 0 Å². The normalized spacial score (nSPS) is 12.5.